The number of hydrogen-bond acceptors (Lipinski definition) is 2. The number of unbranched alkanes of at least 4 members (excludes halogenated alkanes) is 1. The van der Waals surface area contributed by atoms with Crippen LogP contribution in [0.2, 0.25) is 0 Å². The van der Waals surface area contributed by atoms with Crippen molar-refractivity contribution in [1.29, 1.82) is 0 Å². The predicted octanol–water partition coefficient (Wildman–Crippen LogP) is 3.61. The van der Waals surface area contributed by atoms with Gasteiger partial charge in [-0.3, -0.25) is 4.79 Å². The van der Waals surface area contributed by atoms with E-state index in [1.165, 1.54) is 0 Å². The van der Waals surface area contributed by atoms with E-state index in [4.69, 9.17) is 16.3 Å². The minimum Gasteiger partial charge on any atom is -0.494 e. The molecule has 0 saturated carbocycles. The molecular formula is C14H19ClO2. The lowest BCUT2D eigenvalue weighted by molar-refractivity contribution is -0.116. The highest BCUT2D eigenvalue weighted by atomic mass is 35.5. The van der Waals surface area contributed by atoms with E-state index >= 15 is 0 Å². The Bertz CT molecular complexity index is 333. The second-order valence-corrected chi connectivity index (χ2v) is 4.29. The first-order valence-electron chi connectivity index (χ1n) is 6.05. The lowest BCUT2D eigenvalue weighted by Crippen LogP contribution is -2.01. The molecule has 17 heavy (non-hydrogen) atoms. The topological polar surface area (TPSA) is 26.3 Å². The number of carbonyl (C=O) groups is 1. The first kappa shape index (κ1) is 14.0. The molecule has 1 aromatic carbocycles. The zero-order chi connectivity index (χ0) is 12.5. The molecule has 0 spiro atoms. The maximum Gasteiger partial charge on any atom is 0.147 e. The summed E-state index contributed by atoms with van der Waals surface area (Å²) in [5.74, 6) is 1.10. The van der Waals surface area contributed by atoms with Crippen LogP contribution in [-0.2, 0) is 11.2 Å². The Morgan fingerprint density at radius 2 is 2.00 bits per heavy atom. The van der Waals surface area contributed by atoms with E-state index in [1.807, 2.05) is 24.3 Å². The van der Waals surface area contributed by atoms with Crippen molar-refractivity contribution in [2.45, 2.75) is 32.6 Å². The fourth-order valence-corrected chi connectivity index (χ4v) is 1.57. The predicted molar refractivity (Wildman–Crippen MR) is 70.9 cm³/mol. The molecule has 0 amide bonds. The molecule has 0 atom stereocenters. The van der Waals surface area contributed by atoms with Gasteiger partial charge in [-0.2, -0.15) is 0 Å². The summed E-state index contributed by atoms with van der Waals surface area (Å²) in [5.41, 5.74) is 1.14. The van der Waals surface area contributed by atoms with E-state index in [9.17, 15) is 4.79 Å². The summed E-state index contributed by atoms with van der Waals surface area (Å²) in [4.78, 5) is 11.1. The molecule has 0 fully saturated rings. The highest BCUT2D eigenvalue weighted by molar-refractivity contribution is 6.27. The van der Waals surface area contributed by atoms with Crippen molar-refractivity contribution in [2.24, 2.45) is 0 Å². The summed E-state index contributed by atoms with van der Waals surface area (Å²) in [7, 11) is 0. The van der Waals surface area contributed by atoms with Gasteiger partial charge in [0.25, 0.3) is 0 Å². The zero-order valence-corrected chi connectivity index (χ0v) is 11.0. The first-order chi connectivity index (χ1) is 8.26. The van der Waals surface area contributed by atoms with Gasteiger partial charge in [-0.05, 0) is 30.5 Å². The molecule has 0 N–H and O–H groups in total. The van der Waals surface area contributed by atoms with Crippen LogP contribution in [0.15, 0.2) is 24.3 Å². The van der Waals surface area contributed by atoms with Gasteiger partial charge < -0.3 is 4.74 Å². The largest absolute Gasteiger partial charge is 0.494 e. The van der Waals surface area contributed by atoms with Crippen LogP contribution in [0.5, 0.6) is 5.75 Å². The third-order valence-electron chi connectivity index (χ3n) is 2.53. The standard InChI is InChI=1S/C14H19ClO2/c1-2-3-10-17-14-8-5-12(6-9-14)4-7-13(16)11-15/h5-6,8-9H,2-4,7,10-11H2,1H3. The number of benzene rings is 1. The summed E-state index contributed by atoms with van der Waals surface area (Å²) < 4.78 is 5.56. The van der Waals surface area contributed by atoms with E-state index in [0.717, 1.165) is 37.2 Å². The molecule has 0 bridgehead atoms. The quantitative estimate of drug-likeness (QED) is 0.523. The number of hydrogen-bond donors (Lipinski definition) is 0. The molecule has 0 aliphatic rings. The fourth-order valence-electron chi connectivity index (χ4n) is 1.44. The van der Waals surface area contributed by atoms with Gasteiger partial charge in [-0.1, -0.05) is 25.5 Å². The molecule has 1 rings (SSSR count). The van der Waals surface area contributed by atoms with Crippen LogP contribution >= 0.6 is 11.6 Å². The van der Waals surface area contributed by atoms with E-state index in [0.29, 0.717) is 6.42 Å². The summed E-state index contributed by atoms with van der Waals surface area (Å²) in [5, 5.41) is 0. The number of aryl methyl sites for hydroxylation is 1. The maximum atomic E-state index is 11.1. The molecule has 0 saturated heterocycles. The van der Waals surface area contributed by atoms with Crippen molar-refractivity contribution in [1.82, 2.24) is 0 Å². The van der Waals surface area contributed by atoms with Gasteiger partial charge in [-0.15, -0.1) is 11.6 Å². The van der Waals surface area contributed by atoms with Gasteiger partial charge in [-0.25, -0.2) is 0 Å². The number of ketones is 1. The van der Waals surface area contributed by atoms with Crippen LogP contribution < -0.4 is 4.74 Å². The average molecular weight is 255 g/mol. The molecule has 3 heteroatoms. The van der Waals surface area contributed by atoms with E-state index in [2.05, 4.69) is 6.92 Å². The van der Waals surface area contributed by atoms with Gasteiger partial charge in [0.2, 0.25) is 0 Å². The summed E-state index contributed by atoms with van der Waals surface area (Å²) in [6.07, 6.45) is 3.48. The van der Waals surface area contributed by atoms with Crippen molar-refractivity contribution < 1.29 is 9.53 Å². The highest BCUT2D eigenvalue weighted by Gasteiger charge is 2.01. The first-order valence-corrected chi connectivity index (χ1v) is 6.59. The minimum absolute atomic E-state index is 0.0925. The summed E-state index contributed by atoms with van der Waals surface area (Å²) in [6.45, 7) is 2.90. The van der Waals surface area contributed by atoms with E-state index < -0.39 is 0 Å². The highest BCUT2D eigenvalue weighted by Crippen LogP contribution is 2.14. The molecular weight excluding hydrogens is 236 g/mol. The molecule has 0 unspecified atom stereocenters. The Hall–Kier alpha value is -1.02. The number of Topliss-reactive ketones (excluding diaryl/α,β-unsaturated/α-hetero) is 1. The van der Waals surface area contributed by atoms with E-state index in [1.54, 1.807) is 0 Å². The van der Waals surface area contributed by atoms with Crippen molar-refractivity contribution in [2.75, 3.05) is 12.5 Å². The van der Waals surface area contributed by atoms with Gasteiger partial charge in [0.05, 0.1) is 12.5 Å². The molecule has 1 aromatic rings. The van der Waals surface area contributed by atoms with Crippen LogP contribution in [0.3, 0.4) is 0 Å². The summed E-state index contributed by atoms with van der Waals surface area (Å²) >= 11 is 5.44. The fraction of sp³-hybridized carbons (Fsp3) is 0.500. The van der Waals surface area contributed by atoms with Crippen LogP contribution in [-0.4, -0.2) is 18.3 Å². The Labute approximate surface area is 108 Å². The van der Waals surface area contributed by atoms with Crippen LogP contribution in [0, 0.1) is 0 Å². The lowest BCUT2D eigenvalue weighted by atomic mass is 10.1. The number of rotatable bonds is 8. The molecule has 0 aliphatic heterocycles. The van der Waals surface area contributed by atoms with Crippen LogP contribution in [0.25, 0.3) is 0 Å². The third-order valence-corrected chi connectivity index (χ3v) is 2.83. The van der Waals surface area contributed by atoms with Gasteiger partial charge >= 0.3 is 0 Å². The second kappa shape index (κ2) is 8.13. The maximum absolute atomic E-state index is 11.1. The number of halogens is 1. The number of alkyl halides is 1. The average Bonchev–Trinajstić information content (AvgIpc) is 2.37. The lowest BCUT2D eigenvalue weighted by Gasteiger charge is -2.06. The molecule has 2 nitrogen and oxygen atoms in total. The smallest absolute Gasteiger partial charge is 0.147 e. The SMILES string of the molecule is CCCCOc1ccc(CCC(=O)CCl)cc1. The molecule has 94 valence electrons. The van der Waals surface area contributed by atoms with Crippen LogP contribution in [0.4, 0.5) is 0 Å². The van der Waals surface area contributed by atoms with Crippen molar-refractivity contribution in [3.05, 3.63) is 29.8 Å². The van der Waals surface area contributed by atoms with Crippen molar-refractivity contribution >= 4 is 17.4 Å². The van der Waals surface area contributed by atoms with Crippen molar-refractivity contribution in [3.63, 3.8) is 0 Å². The number of carbonyl (C=O) groups excluding carboxylic acids is 1. The molecule has 0 heterocycles. The molecule has 0 aromatic heterocycles. The Kier molecular flexibility index (Phi) is 6.71. The molecule has 0 radical (unpaired) electrons. The Balaban J connectivity index is 2.36. The van der Waals surface area contributed by atoms with Gasteiger partial charge in [0.1, 0.15) is 11.5 Å². The number of ether oxygens (including phenoxy) is 1. The van der Waals surface area contributed by atoms with Crippen LogP contribution in [0.1, 0.15) is 31.7 Å². The Morgan fingerprint density at radius 1 is 1.29 bits per heavy atom. The zero-order valence-electron chi connectivity index (χ0n) is 10.2. The van der Waals surface area contributed by atoms with Gasteiger partial charge in [0, 0.05) is 6.42 Å². The van der Waals surface area contributed by atoms with E-state index in [-0.39, 0.29) is 11.7 Å². The second-order valence-electron chi connectivity index (χ2n) is 4.02. The summed E-state index contributed by atoms with van der Waals surface area (Å²) in [6, 6.07) is 7.91. The Morgan fingerprint density at radius 3 is 2.59 bits per heavy atom. The molecule has 0 aliphatic carbocycles. The normalized spacial score (nSPS) is 10.2. The van der Waals surface area contributed by atoms with Crippen molar-refractivity contribution in [3.8, 4) is 5.75 Å². The minimum atomic E-state index is 0.0925. The van der Waals surface area contributed by atoms with Gasteiger partial charge in [0.15, 0.2) is 0 Å². The monoisotopic (exact) mass is 254 g/mol. The third kappa shape index (κ3) is 5.73.